The van der Waals surface area contributed by atoms with Crippen molar-refractivity contribution in [2.45, 2.75) is 25.4 Å². The summed E-state index contributed by atoms with van der Waals surface area (Å²) in [7, 11) is 0. The largest absolute Gasteiger partial charge is 0.378 e. The lowest BCUT2D eigenvalue weighted by atomic mass is 9.75. The van der Waals surface area contributed by atoms with Crippen LogP contribution in [-0.2, 0) is 16.1 Å². The van der Waals surface area contributed by atoms with Gasteiger partial charge in [-0.15, -0.1) is 5.10 Å². The zero-order chi connectivity index (χ0) is 22.9. The van der Waals surface area contributed by atoms with Crippen LogP contribution in [0.2, 0.25) is 0 Å². The van der Waals surface area contributed by atoms with Gasteiger partial charge in [0.1, 0.15) is 5.69 Å². The highest BCUT2D eigenvalue weighted by atomic mass is 16.5. The molecule has 4 saturated heterocycles. The Bertz CT molecular complexity index is 1120. The maximum absolute atomic E-state index is 13.1. The van der Waals surface area contributed by atoms with Crippen molar-refractivity contribution < 1.29 is 9.53 Å². The minimum absolute atomic E-state index is 0.137. The normalized spacial score (nSPS) is 26.5. The fraction of sp³-hybridized carbons (Fsp3) is 0.444. The Kier molecular flexibility index (Phi) is 5.89. The van der Waals surface area contributed by atoms with Crippen molar-refractivity contribution in [3.8, 4) is 22.4 Å². The molecule has 4 aliphatic heterocycles. The minimum Gasteiger partial charge on any atom is -0.378 e. The number of nitrogens with zero attached hydrogens (tertiary/aromatic N) is 5. The maximum atomic E-state index is 13.1. The second-order valence-electron chi connectivity index (χ2n) is 9.75. The molecule has 4 fully saturated rings. The van der Waals surface area contributed by atoms with Gasteiger partial charge >= 0.3 is 0 Å². The van der Waals surface area contributed by atoms with Gasteiger partial charge in [-0.1, -0.05) is 59.8 Å². The fourth-order valence-corrected chi connectivity index (χ4v) is 5.83. The highest BCUT2D eigenvalue weighted by molar-refractivity contribution is 5.80. The summed E-state index contributed by atoms with van der Waals surface area (Å²) in [5.41, 5.74) is 4.39. The Morgan fingerprint density at radius 2 is 1.68 bits per heavy atom. The molecule has 7 heteroatoms. The van der Waals surface area contributed by atoms with Crippen LogP contribution in [0.15, 0.2) is 60.8 Å². The monoisotopic (exact) mass is 457 g/mol. The molecule has 5 heterocycles. The van der Waals surface area contributed by atoms with E-state index in [1.807, 2.05) is 15.6 Å². The molecule has 0 aliphatic carbocycles. The summed E-state index contributed by atoms with van der Waals surface area (Å²) < 4.78 is 7.40. The molecule has 7 rings (SSSR count). The second-order valence-corrected chi connectivity index (χ2v) is 9.75. The summed E-state index contributed by atoms with van der Waals surface area (Å²) >= 11 is 0. The first-order chi connectivity index (χ1) is 16.7. The molecule has 0 N–H and O–H groups in total. The van der Waals surface area contributed by atoms with Crippen LogP contribution in [-0.4, -0.2) is 76.1 Å². The summed E-state index contributed by atoms with van der Waals surface area (Å²) in [5, 5.41) is 8.87. The standard InChI is InChI=1S/C27H31N5O2/c33-27(30-12-14-34-15-13-30)25-18-31-11-10-23(25)16-24(31)17-32-19-26(28-29-32)22-8-6-21(7-9-22)20-4-2-1-3-5-20/h1-9,19,23-25H,10-18H2/t23?,24-,25+/m1/s1. The summed E-state index contributed by atoms with van der Waals surface area (Å²) in [6, 6.07) is 19.3. The first kappa shape index (κ1) is 21.5. The number of piperidine rings is 3. The molecular formula is C27H31N5O2. The molecule has 2 aromatic carbocycles. The fourth-order valence-electron chi connectivity index (χ4n) is 5.83. The number of rotatable bonds is 5. The third kappa shape index (κ3) is 4.26. The van der Waals surface area contributed by atoms with E-state index in [0.29, 0.717) is 31.1 Å². The maximum Gasteiger partial charge on any atom is 0.227 e. The van der Waals surface area contributed by atoms with Gasteiger partial charge in [0, 0.05) is 31.2 Å². The van der Waals surface area contributed by atoms with Crippen molar-refractivity contribution in [3.05, 3.63) is 60.8 Å². The second kappa shape index (κ2) is 9.31. The number of carbonyl (C=O) groups is 1. The zero-order valence-corrected chi connectivity index (χ0v) is 19.4. The summed E-state index contributed by atoms with van der Waals surface area (Å²) in [5.74, 6) is 0.940. The number of carbonyl (C=O) groups excluding carboxylic acids is 1. The lowest BCUT2D eigenvalue weighted by molar-refractivity contribution is -0.148. The number of fused-ring (bicyclic) bond motifs is 3. The molecule has 34 heavy (non-hydrogen) atoms. The van der Waals surface area contributed by atoms with Crippen LogP contribution in [0, 0.1) is 11.8 Å². The summed E-state index contributed by atoms with van der Waals surface area (Å²) in [6.07, 6.45) is 4.23. The number of morpholine rings is 1. The van der Waals surface area contributed by atoms with Crippen molar-refractivity contribution in [1.29, 1.82) is 0 Å². The molecule has 7 nitrogen and oxygen atoms in total. The summed E-state index contributed by atoms with van der Waals surface area (Å²) in [4.78, 5) is 17.6. The first-order valence-corrected chi connectivity index (χ1v) is 12.4. The predicted molar refractivity (Wildman–Crippen MR) is 130 cm³/mol. The van der Waals surface area contributed by atoms with E-state index < -0.39 is 0 Å². The van der Waals surface area contributed by atoms with Gasteiger partial charge in [-0.2, -0.15) is 0 Å². The van der Waals surface area contributed by atoms with Crippen molar-refractivity contribution in [2.75, 3.05) is 39.4 Å². The number of benzene rings is 2. The Morgan fingerprint density at radius 3 is 2.41 bits per heavy atom. The average Bonchev–Trinajstić information content (AvgIpc) is 3.38. The first-order valence-electron chi connectivity index (χ1n) is 12.4. The van der Waals surface area contributed by atoms with Gasteiger partial charge in [0.15, 0.2) is 0 Å². The van der Waals surface area contributed by atoms with Crippen molar-refractivity contribution in [2.24, 2.45) is 11.8 Å². The van der Waals surface area contributed by atoms with Crippen molar-refractivity contribution >= 4 is 5.91 Å². The van der Waals surface area contributed by atoms with Gasteiger partial charge in [-0.05, 0) is 36.4 Å². The molecular weight excluding hydrogens is 426 g/mol. The average molecular weight is 458 g/mol. The highest BCUT2D eigenvalue weighted by Crippen LogP contribution is 2.38. The van der Waals surface area contributed by atoms with E-state index in [4.69, 9.17) is 4.74 Å². The Hall–Kier alpha value is -3.03. The predicted octanol–water partition coefficient (Wildman–Crippen LogP) is 3.18. The number of ether oxygens (including phenoxy) is 1. The van der Waals surface area contributed by atoms with E-state index in [-0.39, 0.29) is 5.92 Å². The van der Waals surface area contributed by atoms with E-state index in [2.05, 4.69) is 69.9 Å². The van der Waals surface area contributed by atoms with Crippen LogP contribution in [0.25, 0.3) is 22.4 Å². The van der Waals surface area contributed by atoms with Crippen LogP contribution < -0.4 is 0 Å². The quantitative estimate of drug-likeness (QED) is 0.589. The molecule has 2 unspecified atom stereocenters. The molecule has 1 amide bonds. The zero-order valence-electron chi connectivity index (χ0n) is 19.4. The van der Waals surface area contributed by atoms with E-state index in [0.717, 1.165) is 56.8 Å². The van der Waals surface area contributed by atoms with Gasteiger partial charge in [-0.25, -0.2) is 0 Å². The number of amides is 1. The van der Waals surface area contributed by atoms with Crippen LogP contribution in [0.5, 0.6) is 0 Å². The molecule has 1 aromatic heterocycles. The lowest BCUT2D eigenvalue weighted by Gasteiger charge is -2.50. The Morgan fingerprint density at radius 1 is 0.941 bits per heavy atom. The third-order valence-corrected chi connectivity index (χ3v) is 7.74. The van der Waals surface area contributed by atoms with Crippen LogP contribution in [0.1, 0.15) is 12.8 Å². The van der Waals surface area contributed by atoms with Gasteiger partial charge in [0.2, 0.25) is 5.91 Å². The number of hydrogen-bond donors (Lipinski definition) is 0. The third-order valence-electron chi connectivity index (χ3n) is 7.74. The number of hydrogen-bond acceptors (Lipinski definition) is 5. The Labute approximate surface area is 200 Å². The Balaban J connectivity index is 1.10. The number of aromatic nitrogens is 3. The van der Waals surface area contributed by atoms with Crippen molar-refractivity contribution in [3.63, 3.8) is 0 Å². The molecule has 0 saturated carbocycles. The van der Waals surface area contributed by atoms with E-state index in [9.17, 15) is 4.79 Å². The molecule has 4 aliphatic rings. The van der Waals surface area contributed by atoms with Crippen LogP contribution in [0.3, 0.4) is 0 Å². The topological polar surface area (TPSA) is 63.5 Å². The minimum atomic E-state index is 0.137. The van der Waals surface area contributed by atoms with Gasteiger partial charge in [0.25, 0.3) is 0 Å². The SMILES string of the molecule is O=C([C@H]1CN2CCC1C[C@@H]2Cn1cc(-c2ccc(-c3ccccc3)cc2)nn1)N1CCOCC1. The molecule has 0 spiro atoms. The molecule has 0 radical (unpaired) electrons. The smallest absolute Gasteiger partial charge is 0.227 e. The molecule has 176 valence electrons. The van der Waals surface area contributed by atoms with Crippen LogP contribution in [0.4, 0.5) is 0 Å². The van der Waals surface area contributed by atoms with Gasteiger partial charge < -0.3 is 9.64 Å². The molecule has 4 atom stereocenters. The highest BCUT2D eigenvalue weighted by Gasteiger charge is 2.44. The van der Waals surface area contributed by atoms with E-state index in [1.165, 1.54) is 11.1 Å². The van der Waals surface area contributed by atoms with E-state index in [1.54, 1.807) is 0 Å². The van der Waals surface area contributed by atoms with Crippen molar-refractivity contribution in [1.82, 2.24) is 24.8 Å². The molecule has 2 bridgehead atoms. The van der Waals surface area contributed by atoms with E-state index >= 15 is 0 Å². The van der Waals surface area contributed by atoms with Gasteiger partial charge in [0.05, 0.1) is 31.9 Å². The lowest BCUT2D eigenvalue weighted by Crippen LogP contribution is -2.59. The van der Waals surface area contributed by atoms with Gasteiger partial charge in [-0.3, -0.25) is 14.4 Å². The van der Waals surface area contributed by atoms with Crippen LogP contribution >= 0.6 is 0 Å². The summed E-state index contributed by atoms with van der Waals surface area (Å²) in [6.45, 7) is 5.57. The molecule has 3 aromatic rings.